The van der Waals surface area contributed by atoms with Crippen LogP contribution in [-0.4, -0.2) is 29.3 Å². The van der Waals surface area contributed by atoms with Crippen LogP contribution in [0.25, 0.3) is 10.9 Å². The number of H-pyrrole nitrogens is 1. The third-order valence-corrected chi connectivity index (χ3v) is 4.26. The van der Waals surface area contributed by atoms with Crippen molar-refractivity contribution >= 4 is 34.3 Å². The van der Waals surface area contributed by atoms with Crippen molar-refractivity contribution in [3.05, 3.63) is 65.4 Å². The van der Waals surface area contributed by atoms with E-state index in [4.69, 9.17) is 4.74 Å². The first kappa shape index (κ1) is 18.4. The average molecular weight is 364 g/mol. The van der Waals surface area contributed by atoms with E-state index in [9.17, 15) is 14.4 Å². The molecule has 0 spiro atoms. The molecule has 0 fully saturated rings. The van der Waals surface area contributed by atoms with Crippen LogP contribution in [0.5, 0.6) is 0 Å². The molecule has 0 bridgehead atoms. The highest BCUT2D eigenvalue weighted by atomic mass is 16.5. The Morgan fingerprint density at radius 3 is 2.48 bits per heavy atom. The Balaban J connectivity index is 1.67. The number of benzene rings is 2. The number of para-hydroxylation sites is 1. The number of Topliss-reactive ketones (excluding diaryl/α,β-unsaturated/α-hetero) is 1. The second-order valence-electron chi connectivity index (χ2n) is 6.15. The molecule has 0 atom stereocenters. The molecule has 3 aromatic rings. The van der Waals surface area contributed by atoms with E-state index in [2.05, 4.69) is 17.2 Å². The van der Waals surface area contributed by atoms with E-state index < -0.39 is 5.97 Å². The van der Waals surface area contributed by atoms with Gasteiger partial charge in [0.05, 0.1) is 5.56 Å². The van der Waals surface area contributed by atoms with Crippen LogP contribution >= 0.6 is 0 Å². The molecule has 0 aliphatic carbocycles. The Morgan fingerprint density at radius 2 is 1.81 bits per heavy atom. The maximum atomic E-state index is 12.5. The first-order valence-electron chi connectivity index (χ1n) is 8.66. The molecule has 0 saturated heterocycles. The number of amides is 1. The smallest absolute Gasteiger partial charge is 0.338 e. The number of rotatable bonds is 6. The number of hydrogen-bond acceptors (Lipinski definition) is 4. The number of nitrogens with one attached hydrogen (secondary N) is 2. The highest BCUT2D eigenvalue weighted by Gasteiger charge is 2.16. The molecule has 0 unspecified atom stereocenters. The maximum Gasteiger partial charge on any atom is 0.338 e. The van der Waals surface area contributed by atoms with Crippen LogP contribution in [0.3, 0.4) is 0 Å². The third kappa shape index (κ3) is 4.06. The van der Waals surface area contributed by atoms with Crippen LogP contribution in [-0.2, 0) is 16.0 Å². The van der Waals surface area contributed by atoms with Crippen molar-refractivity contribution < 1.29 is 19.1 Å². The fraction of sp³-hybridized carbons (Fsp3) is 0.190. The summed E-state index contributed by atoms with van der Waals surface area (Å²) in [5.74, 6) is -1.05. The molecular weight excluding hydrogens is 344 g/mol. The van der Waals surface area contributed by atoms with Gasteiger partial charge < -0.3 is 15.0 Å². The predicted octanol–water partition coefficient (Wildman–Crippen LogP) is 3.73. The average Bonchev–Trinajstić information content (AvgIpc) is 3.10. The van der Waals surface area contributed by atoms with E-state index in [1.807, 2.05) is 18.2 Å². The number of aryl methyl sites for hydroxylation is 1. The van der Waals surface area contributed by atoms with E-state index in [0.29, 0.717) is 16.8 Å². The predicted molar refractivity (Wildman–Crippen MR) is 103 cm³/mol. The van der Waals surface area contributed by atoms with Crippen LogP contribution in [0, 0.1) is 0 Å². The van der Waals surface area contributed by atoms with Crippen molar-refractivity contribution in [1.82, 2.24) is 4.98 Å². The largest absolute Gasteiger partial charge is 0.454 e. The van der Waals surface area contributed by atoms with Crippen molar-refractivity contribution in [2.45, 2.75) is 20.3 Å². The minimum atomic E-state index is -0.591. The van der Waals surface area contributed by atoms with Crippen molar-refractivity contribution in [3.8, 4) is 0 Å². The molecule has 0 saturated carbocycles. The van der Waals surface area contributed by atoms with Crippen LogP contribution in [0.2, 0.25) is 0 Å². The summed E-state index contributed by atoms with van der Waals surface area (Å²) < 4.78 is 5.15. The fourth-order valence-electron chi connectivity index (χ4n) is 2.93. The normalized spacial score (nSPS) is 10.6. The van der Waals surface area contributed by atoms with Gasteiger partial charge in [-0.3, -0.25) is 9.59 Å². The number of fused-ring (bicyclic) bond motifs is 1. The molecular formula is C21H20N2O4. The fourth-order valence-corrected chi connectivity index (χ4v) is 2.93. The number of carbonyl (C=O) groups excluding carboxylic acids is 3. The monoisotopic (exact) mass is 364 g/mol. The maximum absolute atomic E-state index is 12.5. The molecule has 27 heavy (non-hydrogen) atoms. The second-order valence-corrected chi connectivity index (χ2v) is 6.15. The van der Waals surface area contributed by atoms with Crippen molar-refractivity contribution in [2.75, 3.05) is 11.9 Å². The molecule has 3 rings (SSSR count). The summed E-state index contributed by atoms with van der Waals surface area (Å²) in [5.41, 5.74) is 3.46. The third-order valence-electron chi connectivity index (χ3n) is 4.26. The summed E-state index contributed by atoms with van der Waals surface area (Å²) >= 11 is 0. The number of ether oxygens (including phenoxy) is 1. The van der Waals surface area contributed by atoms with Crippen LogP contribution in [0.15, 0.2) is 48.7 Å². The molecule has 2 aromatic carbocycles. The Morgan fingerprint density at radius 1 is 1.07 bits per heavy atom. The lowest BCUT2D eigenvalue weighted by molar-refractivity contribution is -0.114. The van der Waals surface area contributed by atoms with Gasteiger partial charge in [-0.15, -0.1) is 0 Å². The summed E-state index contributed by atoms with van der Waals surface area (Å²) in [6.07, 6.45) is 2.51. The second kappa shape index (κ2) is 7.86. The number of ketones is 1. The van der Waals surface area contributed by atoms with Crippen LogP contribution in [0.4, 0.5) is 5.69 Å². The molecule has 6 nitrogen and oxygen atoms in total. The van der Waals surface area contributed by atoms with Gasteiger partial charge in [0.1, 0.15) is 0 Å². The summed E-state index contributed by atoms with van der Waals surface area (Å²) in [5, 5.41) is 3.45. The van der Waals surface area contributed by atoms with Crippen molar-refractivity contribution in [2.24, 2.45) is 0 Å². The van der Waals surface area contributed by atoms with Crippen LogP contribution in [0.1, 0.15) is 40.1 Å². The molecule has 0 aliphatic rings. The Kier molecular flexibility index (Phi) is 5.35. The lowest BCUT2D eigenvalue weighted by Crippen LogP contribution is -2.14. The van der Waals surface area contributed by atoms with Gasteiger partial charge >= 0.3 is 5.97 Å². The number of hydrogen-bond donors (Lipinski definition) is 2. The summed E-state index contributed by atoms with van der Waals surface area (Å²) in [6.45, 7) is 3.12. The van der Waals surface area contributed by atoms with Gasteiger partial charge in [-0.1, -0.05) is 25.1 Å². The number of anilines is 1. The first-order chi connectivity index (χ1) is 13.0. The molecule has 1 aromatic heterocycles. The minimum Gasteiger partial charge on any atom is -0.454 e. The van der Waals surface area contributed by atoms with Gasteiger partial charge in [-0.05, 0) is 36.2 Å². The zero-order chi connectivity index (χ0) is 19.4. The van der Waals surface area contributed by atoms with Crippen LogP contribution < -0.4 is 5.32 Å². The van der Waals surface area contributed by atoms with E-state index in [0.717, 1.165) is 22.9 Å². The molecule has 1 amide bonds. The lowest BCUT2D eigenvalue weighted by Gasteiger charge is -2.06. The van der Waals surface area contributed by atoms with Gasteiger partial charge in [0.15, 0.2) is 6.61 Å². The van der Waals surface area contributed by atoms with Gasteiger partial charge in [-0.2, -0.15) is 0 Å². The minimum absolute atomic E-state index is 0.194. The van der Waals surface area contributed by atoms with E-state index in [1.165, 1.54) is 19.1 Å². The highest BCUT2D eigenvalue weighted by Crippen LogP contribution is 2.22. The first-order valence-corrected chi connectivity index (χ1v) is 8.66. The number of aromatic nitrogens is 1. The van der Waals surface area contributed by atoms with Gasteiger partial charge in [0.25, 0.3) is 0 Å². The number of esters is 1. The SMILES string of the molecule is CCc1cccc2c(C(=O)COC(=O)c3ccc(NC(C)=O)cc3)c[nH]c12. The quantitative estimate of drug-likeness (QED) is 0.515. The van der Waals surface area contributed by atoms with Crippen molar-refractivity contribution in [3.63, 3.8) is 0 Å². The molecule has 0 radical (unpaired) electrons. The van der Waals surface area contributed by atoms with E-state index in [-0.39, 0.29) is 18.3 Å². The van der Waals surface area contributed by atoms with Gasteiger partial charge in [-0.25, -0.2) is 4.79 Å². The summed E-state index contributed by atoms with van der Waals surface area (Å²) in [4.78, 5) is 38.8. The molecule has 6 heteroatoms. The van der Waals surface area contributed by atoms with Crippen molar-refractivity contribution in [1.29, 1.82) is 0 Å². The van der Waals surface area contributed by atoms with E-state index in [1.54, 1.807) is 18.3 Å². The number of aromatic amines is 1. The molecule has 138 valence electrons. The standard InChI is InChI=1S/C21H20N2O4/c1-3-14-5-4-6-17-18(11-22-20(14)17)19(25)12-27-21(26)15-7-9-16(10-8-15)23-13(2)24/h4-11,22H,3,12H2,1-2H3,(H,23,24). The summed E-state index contributed by atoms with van der Waals surface area (Å²) in [6, 6.07) is 12.1. The molecule has 0 aliphatic heterocycles. The topological polar surface area (TPSA) is 88.3 Å². The zero-order valence-corrected chi connectivity index (χ0v) is 15.2. The lowest BCUT2D eigenvalue weighted by atomic mass is 10.1. The van der Waals surface area contributed by atoms with Gasteiger partial charge in [0.2, 0.25) is 11.7 Å². The van der Waals surface area contributed by atoms with Gasteiger partial charge in [0, 0.05) is 35.3 Å². The molecule has 1 heterocycles. The number of carbonyl (C=O) groups is 3. The Hall–Kier alpha value is -3.41. The summed E-state index contributed by atoms with van der Waals surface area (Å²) in [7, 11) is 0. The highest BCUT2D eigenvalue weighted by molar-refractivity contribution is 6.09. The zero-order valence-electron chi connectivity index (χ0n) is 15.2. The molecule has 2 N–H and O–H groups in total. The Bertz CT molecular complexity index is 1000. The Labute approximate surface area is 156 Å². The van der Waals surface area contributed by atoms with E-state index >= 15 is 0 Å².